The Kier molecular flexibility index (Phi) is 6.97. The second-order valence-electron chi connectivity index (χ2n) is 7.83. The van der Waals surface area contributed by atoms with Crippen LogP contribution in [0.3, 0.4) is 0 Å². The van der Waals surface area contributed by atoms with E-state index in [0.717, 1.165) is 29.7 Å². The van der Waals surface area contributed by atoms with Crippen molar-refractivity contribution in [2.75, 3.05) is 19.0 Å². The van der Waals surface area contributed by atoms with Crippen LogP contribution in [0.25, 0.3) is 22.1 Å². The fourth-order valence-corrected chi connectivity index (χ4v) is 3.98. The average Bonchev–Trinajstić information content (AvgIpc) is 2.87. The molecule has 1 aromatic heterocycles. The van der Waals surface area contributed by atoms with Gasteiger partial charge in [0.15, 0.2) is 6.61 Å². The molecule has 0 aliphatic rings. The summed E-state index contributed by atoms with van der Waals surface area (Å²) in [6, 6.07) is 18.3. The number of carbonyl (C=O) groups excluding carboxylic acids is 1. The Morgan fingerprint density at radius 2 is 1.68 bits per heavy atom. The fraction of sp³-hybridized carbons (Fsp3) is 0.214. The largest absolute Gasteiger partial charge is 0.496 e. The molecule has 174 valence electrons. The van der Waals surface area contributed by atoms with Crippen LogP contribution in [0.15, 0.2) is 76.1 Å². The summed E-state index contributed by atoms with van der Waals surface area (Å²) in [6.45, 7) is 3.96. The zero-order chi connectivity index (χ0) is 24.1. The molecule has 6 nitrogen and oxygen atoms in total. The van der Waals surface area contributed by atoms with E-state index in [-0.39, 0.29) is 17.9 Å². The number of hydrogen-bond donors (Lipinski definition) is 1. The van der Waals surface area contributed by atoms with Gasteiger partial charge in [-0.1, -0.05) is 50.2 Å². The highest BCUT2D eigenvalue weighted by molar-refractivity contribution is 5.93. The molecular formula is C28H27NO5. The van der Waals surface area contributed by atoms with Crippen LogP contribution in [-0.4, -0.2) is 19.6 Å². The summed E-state index contributed by atoms with van der Waals surface area (Å²) in [7, 11) is 1.56. The molecule has 0 radical (unpaired) electrons. The zero-order valence-electron chi connectivity index (χ0n) is 19.5. The monoisotopic (exact) mass is 457 g/mol. The van der Waals surface area contributed by atoms with Crippen molar-refractivity contribution in [3.63, 3.8) is 0 Å². The molecule has 0 saturated heterocycles. The average molecular weight is 458 g/mol. The third-order valence-electron chi connectivity index (χ3n) is 5.78. The third kappa shape index (κ3) is 4.66. The summed E-state index contributed by atoms with van der Waals surface area (Å²) in [6.07, 6.45) is 3.07. The van der Waals surface area contributed by atoms with Crippen molar-refractivity contribution in [1.29, 1.82) is 0 Å². The van der Waals surface area contributed by atoms with Gasteiger partial charge in [0.2, 0.25) is 5.43 Å². The fourth-order valence-electron chi connectivity index (χ4n) is 3.98. The lowest BCUT2D eigenvalue weighted by Gasteiger charge is -2.15. The number of ether oxygens (including phenoxy) is 2. The predicted octanol–water partition coefficient (Wildman–Crippen LogP) is 5.61. The van der Waals surface area contributed by atoms with Crippen LogP contribution in [0.2, 0.25) is 0 Å². The molecule has 1 N–H and O–H groups in total. The molecule has 0 atom stereocenters. The van der Waals surface area contributed by atoms with E-state index in [1.807, 2.05) is 36.4 Å². The second kappa shape index (κ2) is 10.3. The number of nitrogens with one attached hydrogen (secondary N) is 1. The molecule has 0 aliphatic heterocycles. The van der Waals surface area contributed by atoms with Gasteiger partial charge in [-0.05, 0) is 42.2 Å². The van der Waals surface area contributed by atoms with E-state index in [1.165, 1.54) is 6.26 Å². The maximum absolute atomic E-state index is 13.1. The van der Waals surface area contributed by atoms with Gasteiger partial charge in [0.1, 0.15) is 23.3 Å². The maximum Gasteiger partial charge on any atom is 0.262 e. The topological polar surface area (TPSA) is 77.8 Å². The van der Waals surface area contributed by atoms with Crippen molar-refractivity contribution in [3.05, 3.63) is 88.3 Å². The van der Waals surface area contributed by atoms with Crippen LogP contribution >= 0.6 is 0 Å². The molecule has 0 unspecified atom stereocenters. The number of aryl methyl sites for hydroxylation is 2. The molecule has 0 bridgehead atoms. The maximum atomic E-state index is 13.1. The smallest absolute Gasteiger partial charge is 0.262 e. The first-order valence-corrected chi connectivity index (χ1v) is 11.3. The van der Waals surface area contributed by atoms with E-state index in [9.17, 15) is 9.59 Å². The number of anilines is 1. The van der Waals surface area contributed by atoms with Crippen LogP contribution in [0.1, 0.15) is 25.0 Å². The number of rotatable bonds is 8. The second-order valence-corrected chi connectivity index (χ2v) is 7.83. The Bertz CT molecular complexity index is 1370. The van der Waals surface area contributed by atoms with Gasteiger partial charge in [-0.2, -0.15) is 0 Å². The quantitative estimate of drug-likeness (QED) is 0.372. The minimum Gasteiger partial charge on any atom is -0.496 e. The highest BCUT2D eigenvalue weighted by atomic mass is 16.5. The van der Waals surface area contributed by atoms with Crippen molar-refractivity contribution in [1.82, 2.24) is 0 Å². The molecule has 4 rings (SSSR count). The summed E-state index contributed by atoms with van der Waals surface area (Å²) in [4.78, 5) is 25.7. The number of para-hydroxylation sites is 2. The van der Waals surface area contributed by atoms with Crippen LogP contribution in [0.4, 0.5) is 5.69 Å². The van der Waals surface area contributed by atoms with E-state index in [4.69, 9.17) is 13.9 Å². The Hall–Kier alpha value is -4.06. The van der Waals surface area contributed by atoms with Crippen molar-refractivity contribution >= 4 is 22.6 Å². The first-order valence-electron chi connectivity index (χ1n) is 11.3. The van der Waals surface area contributed by atoms with Gasteiger partial charge in [-0.3, -0.25) is 9.59 Å². The molecule has 0 saturated carbocycles. The predicted molar refractivity (Wildman–Crippen MR) is 134 cm³/mol. The zero-order valence-corrected chi connectivity index (χ0v) is 19.5. The summed E-state index contributed by atoms with van der Waals surface area (Å²) in [5, 5.41) is 3.41. The van der Waals surface area contributed by atoms with Gasteiger partial charge in [0, 0.05) is 17.3 Å². The van der Waals surface area contributed by atoms with Gasteiger partial charge < -0.3 is 19.2 Å². The Labute approximate surface area is 198 Å². The molecule has 4 aromatic rings. The standard InChI is InChI=1S/C28H27NO5/c1-4-18-9-8-10-19(5-2)27(18)29-26(30)17-33-20-13-14-22-25(15-20)34-16-23(28(22)31)21-11-6-7-12-24(21)32-3/h6-16H,4-5,17H2,1-3H3,(H,29,30). The number of amides is 1. The number of benzene rings is 3. The summed E-state index contributed by atoms with van der Waals surface area (Å²) >= 11 is 0. The van der Waals surface area contributed by atoms with Crippen molar-refractivity contribution in [2.24, 2.45) is 0 Å². The molecule has 3 aromatic carbocycles. The van der Waals surface area contributed by atoms with Crippen molar-refractivity contribution in [3.8, 4) is 22.6 Å². The van der Waals surface area contributed by atoms with Crippen LogP contribution < -0.4 is 20.2 Å². The first kappa shape index (κ1) is 23.1. The molecule has 0 spiro atoms. The van der Waals surface area contributed by atoms with E-state index in [0.29, 0.717) is 33.6 Å². The number of fused-ring (bicyclic) bond motifs is 1. The summed E-state index contributed by atoms with van der Waals surface area (Å²) in [5.41, 5.74) is 4.33. The van der Waals surface area contributed by atoms with Gasteiger partial charge in [-0.25, -0.2) is 0 Å². The third-order valence-corrected chi connectivity index (χ3v) is 5.78. The molecule has 34 heavy (non-hydrogen) atoms. The van der Waals surface area contributed by atoms with Crippen LogP contribution in [0.5, 0.6) is 11.5 Å². The number of hydrogen-bond acceptors (Lipinski definition) is 5. The van der Waals surface area contributed by atoms with Crippen molar-refractivity contribution in [2.45, 2.75) is 26.7 Å². The van der Waals surface area contributed by atoms with E-state index in [1.54, 1.807) is 31.4 Å². The molecule has 6 heteroatoms. The lowest BCUT2D eigenvalue weighted by atomic mass is 10.0. The molecule has 1 heterocycles. The van der Waals surface area contributed by atoms with Gasteiger partial charge in [0.25, 0.3) is 5.91 Å². The summed E-state index contributed by atoms with van der Waals surface area (Å²) in [5.74, 6) is 0.787. The molecule has 0 fully saturated rings. The molecule has 1 amide bonds. The Morgan fingerprint density at radius 3 is 2.38 bits per heavy atom. The van der Waals surface area contributed by atoms with Crippen molar-refractivity contribution < 1.29 is 18.7 Å². The van der Waals surface area contributed by atoms with E-state index < -0.39 is 0 Å². The minimum absolute atomic E-state index is 0.157. The first-order chi connectivity index (χ1) is 16.5. The molecule has 0 aliphatic carbocycles. The summed E-state index contributed by atoms with van der Waals surface area (Å²) < 4.78 is 16.8. The number of carbonyl (C=O) groups is 1. The lowest BCUT2D eigenvalue weighted by Crippen LogP contribution is -2.21. The van der Waals surface area contributed by atoms with Gasteiger partial charge in [-0.15, -0.1) is 0 Å². The lowest BCUT2D eigenvalue weighted by molar-refractivity contribution is -0.118. The highest BCUT2D eigenvalue weighted by Gasteiger charge is 2.14. The van der Waals surface area contributed by atoms with E-state index >= 15 is 0 Å². The van der Waals surface area contributed by atoms with Crippen LogP contribution in [-0.2, 0) is 17.6 Å². The SMILES string of the molecule is CCc1cccc(CC)c1NC(=O)COc1ccc2c(=O)c(-c3ccccc3OC)coc2c1. The van der Waals surface area contributed by atoms with Gasteiger partial charge >= 0.3 is 0 Å². The van der Waals surface area contributed by atoms with E-state index in [2.05, 4.69) is 19.2 Å². The Balaban J connectivity index is 1.52. The highest BCUT2D eigenvalue weighted by Crippen LogP contribution is 2.29. The Morgan fingerprint density at radius 1 is 0.941 bits per heavy atom. The number of methoxy groups -OCH3 is 1. The van der Waals surface area contributed by atoms with Crippen LogP contribution in [0, 0.1) is 0 Å². The molecular weight excluding hydrogens is 430 g/mol. The van der Waals surface area contributed by atoms with Gasteiger partial charge in [0.05, 0.1) is 18.1 Å². The normalized spacial score (nSPS) is 10.8. The minimum atomic E-state index is -0.247.